The van der Waals surface area contributed by atoms with Gasteiger partial charge in [0.05, 0.1) is 16.6 Å². The molecule has 1 aromatic carbocycles. The number of carbonyl (C=O) groups is 1. The Morgan fingerprint density at radius 1 is 1.22 bits per heavy atom. The molecule has 0 aromatic heterocycles. The molecule has 1 fully saturated rings. The van der Waals surface area contributed by atoms with Gasteiger partial charge in [-0.25, -0.2) is 17.6 Å². The number of benzene rings is 1. The molecule has 1 heterocycles. The molecule has 1 aromatic rings. The minimum absolute atomic E-state index is 0.237. The second-order valence-corrected chi connectivity index (χ2v) is 7.56. The van der Waals surface area contributed by atoms with Crippen molar-refractivity contribution in [2.24, 2.45) is 5.92 Å². The highest BCUT2D eigenvalue weighted by atomic mass is 32.2. The summed E-state index contributed by atoms with van der Waals surface area (Å²) < 4.78 is 82.2. The van der Waals surface area contributed by atoms with Gasteiger partial charge < -0.3 is 4.74 Å². The average Bonchev–Trinajstić information content (AvgIpc) is 2.63. The molecule has 0 amide bonds. The highest BCUT2D eigenvalue weighted by Gasteiger charge is 2.73. The minimum atomic E-state index is -5.55. The summed E-state index contributed by atoms with van der Waals surface area (Å²) in [7, 11) is -4.22. The number of hydrogen-bond donors (Lipinski definition) is 0. The molecule has 0 aliphatic carbocycles. The van der Waals surface area contributed by atoms with Crippen molar-refractivity contribution >= 4 is 15.8 Å². The van der Waals surface area contributed by atoms with Gasteiger partial charge in [0, 0.05) is 0 Å². The van der Waals surface area contributed by atoms with Crippen LogP contribution in [0.5, 0.6) is 0 Å². The van der Waals surface area contributed by atoms with Crippen LogP contribution in [-0.2, 0) is 19.4 Å². The lowest BCUT2D eigenvalue weighted by Crippen LogP contribution is -2.52. The van der Waals surface area contributed by atoms with E-state index in [4.69, 9.17) is 0 Å². The topological polar surface area (TPSA) is 60.4 Å². The molecule has 1 saturated heterocycles. The zero-order valence-corrected chi connectivity index (χ0v) is 13.0. The molecule has 0 bridgehead atoms. The maximum absolute atomic E-state index is 14.4. The van der Waals surface area contributed by atoms with E-state index in [2.05, 4.69) is 4.74 Å². The van der Waals surface area contributed by atoms with E-state index in [1.54, 1.807) is 6.92 Å². The van der Waals surface area contributed by atoms with Crippen molar-refractivity contribution in [2.75, 3.05) is 5.75 Å². The second-order valence-electron chi connectivity index (χ2n) is 5.52. The van der Waals surface area contributed by atoms with Gasteiger partial charge in [-0.3, -0.25) is 0 Å². The first-order valence-corrected chi connectivity index (χ1v) is 8.31. The molecule has 0 radical (unpaired) electrons. The maximum Gasteiger partial charge on any atom is 0.433 e. The van der Waals surface area contributed by atoms with Crippen molar-refractivity contribution < 1.29 is 35.5 Å². The third-order valence-electron chi connectivity index (χ3n) is 3.86. The normalized spacial score (nSPS) is 28.7. The van der Waals surface area contributed by atoms with Crippen LogP contribution in [0.1, 0.15) is 12.5 Å². The molecule has 1 aliphatic heterocycles. The number of rotatable bonds is 3. The van der Waals surface area contributed by atoms with E-state index in [9.17, 15) is 30.8 Å². The molecule has 0 unspecified atom stereocenters. The number of halogens is 4. The number of aryl methyl sites for hydroxylation is 1. The Labute approximate surface area is 130 Å². The molecule has 9 heteroatoms. The van der Waals surface area contributed by atoms with Gasteiger partial charge in [-0.2, -0.15) is 13.2 Å². The summed E-state index contributed by atoms with van der Waals surface area (Å²) in [6, 6.07) is 5.39. The number of alkyl halides is 4. The van der Waals surface area contributed by atoms with Crippen LogP contribution in [0.25, 0.3) is 0 Å². The van der Waals surface area contributed by atoms with Crippen LogP contribution < -0.4 is 0 Å². The van der Waals surface area contributed by atoms with E-state index < -0.39 is 45.4 Å². The summed E-state index contributed by atoms with van der Waals surface area (Å²) in [5, 5.41) is 0. The lowest BCUT2D eigenvalue weighted by molar-refractivity contribution is -0.235. The first kappa shape index (κ1) is 17.7. The summed E-state index contributed by atoms with van der Waals surface area (Å²) in [5.74, 6) is -5.44. The van der Waals surface area contributed by atoms with E-state index in [-0.39, 0.29) is 4.90 Å². The van der Waals surface area contributed by atoms with Crippen molar-refractivity contribution in [1.29, 1.82) is 0 Å². The zero-order chi connectivity index (χ0) is 17.6. The largest absolute Gasteiger partial charge is 0.460 e. The molecule has 0 saturated carbocycles. The van der Waals surface area contributed by atoms with Crippen molar-refractivity contribution in [3.63, 3.8) is 0 Å². The standard InChI is InChI=1S/C14H14F4O4S/c1-8-3-5-10(6-4-8)23(20,21)7-11-9(2)22-12(19)13(11,15)14(16,17)18/h3-6,9,11H,7H2,1-2H3/t9-,11-,13+/m0/s1. The van der Waals surface area contributed by atoms with Gasteiger partial charge >= 0.3 is 17.8 Å². The quantitative estimate of drug-likeness (QED) is 0.618. The van der Waals surface area contributed by atoms with Crippen molar-refractivity contribution in [3.8, 4) is 0 Å². The van der Waals surface area contributed by atoms with Gasteiger partial charge in [0.15, 0.2) is 9.84 Å². The van der Waals surface area contributed by atoms with Crippen molar-refractivity contribution in [2.45, 2.75) is 36.7 Å². The smallest absolute Gasteiger partial charge is 0.433 e. The summed E-state index contributed by atoms with van der Waals surface area (Å²) in [6.45, 7) is 2.75. The highest BCUT2D eigenvalue weighted by molar-refractivity contribution is 7.91. The van der Waals surface area contributed by atoms with E-state index in [1.165, 1.54) is 24.3 Å². The lowest BCUT2D eigenvalue weighted by Gasteiger charge is -2.26. The van der Waals surface area contributed by atoms with E-state index in [0.29, 0.717) is 0 Å². The fraction of sp³-hybridized carbons (Fsp3) is 0.500. The van der Waals surface area contributed by atoms with Crippen LogP contribution >= 0.6 is 0 Å². The third kappa shape index (κ3) is 2.93. The second kappa shape index (κ2) is 5.47. The molecule has 2 rings (SSSR count). The first-order chi connectivity index (χ1) is 10.4. The van der Waals surface area contributed by atoms with Crippen molar-refractivity contribution in [3.05, 3.63) is 29.8 Å². The number of cyclic esters (lactones) is 1. The van der Waals surface area contributed by atoms with Gasteiger partial charge in [-0.15, -0.1) is 0 Å². The van der Waals surface area contributed by atoms with Gasteiger partial charge in [0.2, 0.25) is 0 Å². The molecule has 0 N–H and O–H groups in total. The summed E-state index contributed by atoms with van der Waals surface area (Å²) >= 11 is 0. The van der Waals surface area contributed by atoms with Crippen LogP contribution in [0.15, 0.2) is 29.2 Å². The molecule has 128 valence electrons. The summed E-state index contributed by atoms with van der Waals surface area (Å²) in [5.41, 5.74) is -3.57. The Morgan fingerprint density at radius 3 is 2.22 bits per heavy atom. The summed E-state index contributed by atoms with van der Waals surface area (Å²) in [4.78, 5) is 11.1. The first-order valence-electron chi connectivity index (χ1n) is 6.65. The Balaban J connectivity index is 2.40. The van der Waals surface area contributed by atoms with Gasteiger partial charge in [0.1, 0.15) is 6.10 Å². The van der Waals surface area contributed by atoms with Crippen LogP contribution in [0, 0.1) is 12.8 Å². The molecular weight excluding hydrogens is 340 g/mol. The number of esters is 1. The van der Waals surface area contributed by atoms with Crippen molar-refractivity contribution in [1.82, 2.24) is 0 Å². The molecule has 1 aliphatic rings. The Bertz CT molecular complexity index is 711. The number of ether oxygens (including phenoxy) is 1. The van der Waals surface area contributed by atoms with Gasteiger partial charge in [-0.05, 0) is 26.0 Å². The number of hydrogen-bond acceptors (Lipinski definition) is 4. The lowest BCUT2D eigenvalue weighted by atomic mass is 9.89. The van der Waals surface area contributed by atoms with Crippen LogP contribution in [0.4, 0.5) is 17.6 Å². The Morgan fingerprint density at radius 2 is 1.74 bits per heavy atom. The fourth-order valence-electron chi connectivity index (χ4n) is 2.47. The average molecular weight is 354 g/mol. The maximum atomic E-state index is 14.4. The highest BCUT2D eigenvalue weighted by Crippen LogP contribution is 2.48. The van der Waals surface area contributed by atoms with Crippen LogP contribution in [0.3, 0.4) is 0 Å². The van der Waals surface area contributed by atoms with Crippen LogP contribution in [-0.4, -0.2) is 38.1 Å². The van der Waals surface area contributed by atoms with Gasteiger partial charge in [0.25, 0.3) is 0 Å². The molecular formula is C14H14F4O4S. The number of sulfone groups is 1. The van der Waals surface area contributed by atoms with Crippen LogP contribution in [0.2, 0.25) is 0 Å². The number of carbonyl (C=O) groups excluding carboxylic acids is 1. The SMILES string of the molecule is Cc1ccc(S(=O)(=O)C[C@H]2[C@H](C)OC(=O)[C@@]2(F)C(F)(F)F)cc1. The monoisotopic (exact) mass is 354 g/mol. The molecule has 0 spiro atoms. The fourth-order valence-corrected chi connectivity index (χ4v) is 4.18. The Kier molecular flexibility index (Phi) is 4.21. The molecule has 4 nitrogen and oxygen atoms in total. The van der Waals surface area contributed by atoms with E-state index >= 15 is 0 Å². The third-order valence-corrected chi connectivity index (χ3v) is 5.65. The zero-order valence-electron chi connectivity index (χ0n) is 12.2. The van der Waals surface area contributed by atoms with E-state index in [1.807, 2.05) is 0 Å². The Hall–Kier alpha value is -1.64. The van der Waals surface area contributed by atoms with E-state index in [0.717, 1.165) is 12.5 Å². The molecule has 3 atom stereocenters. The predicted molar refractivity (Wildman–Crippen MR) is 72.2 cm³/mol. The molecule has 23 heavy (non-hydrogen) atoms. The summed E-state index contributed by atoms with van der Waals surface area (Å²) in [6.07, 6.45) is -7.06. The minimum Gasteiger partial charge on any atom is -0.460 e. The van der Waals surface area contributed by atoms with Gasteiger partial charge in [-0.1, -0.05) is 17.7 Å². The predicted octanol–water partition coefficient (Wildman–Crippen LogP) is 2.60.